The summed E-state index contributed by atoms with van der Waals surface area (Å²) in [5.41, 5.74) is 0. The van der Waals surface area contributed by atoms with Crippen molar-refractivity contribution in [1.82, 2.24) is 5.32 Å². The van der Waals surface area contributed by atoms with Gasteiger partial charge in [-0.05, 0) is 36.3 Å². The Morgan fingerprint density at radius 1 is 1.35 bits per heavy atom. The molecule has 0 saturated heterocycles. The van der Waals surface area contributed by atoms with E-state index in [0.717, 1.165) is 20.7 Å². The van der Waals surface area contributed by atoms with Crippen LogP contribution in [0.15, 0.2) is 17.5 Å². The lowest BCUT2D eigenvalue weighted by atomic mass is 10.0. The SMILES string of the molecule is CC(CCNC(=O)c1cc2sccc2s1)CCC(=O)O. The van der Waals surface area contributed by atoms with E-state index in [0.29, 0.717) is 18.9 Å². The van der Waals surface area contributed by atoms with Crippen LogP contribution in [0.3, 0.4) is 0 Å². The number of carboxylic acids is 1. The van der Waals surface area contributed by atoms with Gasteiger partial charge in [0.15, 0.2) is 0 Å². The molecule has 2 aromatic heterocycles. The molecule has 20 heavy (non-hydrogen) atoms. The average molecular weight is 311 g/mol. The Bertz CT molecular complexity index is 574. The van der Waals surface area contributed by atoms with Crippen LogP contribution in [-0.4, -0.2) is 23.5 Å². The number of hydrogen-bond donors (Lipinski definition) is 2. The van der Waals surface area contributed by atoms with Gasteiger partial charge in [0.05, 0.1) is 4.88 Å². The summed E-state index contributed by atoms with van der Waals surface area (Å²) in [7, 11) is 0. The minimum atomic E-state index is -0.764. The van der Waals surface area contributed by atoms with Gasteiger partial charge in [-0.15, -0.1) is 22.7 Å². The number of carbonyl (C=O) groups excluding carboxylic acids is 1. The lowest BCUT2D eigenvalue weighted by molar-refractivity contribution is -0.137. The Hall–Kier alpha value is -1.40. The van der Waals surface area contributed by atoms with E-state index >= 15 is 0 Å². The molecule has 1 unspecified atom stereocenters. The molecular formula is C14H17NO3S2. The maximum atomic E-state index is 12.0. The molecule has 0 fully saturated rings. The fraction of sp³-hybridized carbons (Fsp3) is 0.429. The fourth-order valence-electron chi connectivity index (χ4n) is 1.91. The molecule has 6 heteroatoms. The highest BCUT2D eigenvalue weighted by Gasteiger charge is 2.11. The van der Waals surface area contributed by atoms with Crippen molar-refractivity contribution in [2.75, 3.05) is 6.54 Å². The first-order valence-electron chi connectivity index (χ1n) is 6.53. The van der Waals surface area contributed by atoms with Gasteiger partial charge in [0, 0.05) is 22.4 Å². The van der Waals surface area contributed by atoms with E-state index in [-0.39, 0.29) is 12.3 Å². The molecule has 0 radical (unpaired) electrons. The number of carboxylic acid groups (broad SMARTS) is 1. The summed E-state index contributed by atoms with van der Waals surface area (Å²) in [6.45, 7) is 2.60. The quantitative estimate of drug-likeness (QED) is 0.821. The van der Waals surface area contributed by atoms with Crippen LogP contribution in [-0.2, 0) is 4.79 Å². The van der Waals surface area contributed by atoms with Crippen LogP contribution >= 0.6 is 22.7 Å². The highest BCUT2D eigenvalue weighted by atomic mass is 32.1. The van der Waals surface area contributed by atoms with E-state index in [1.807, 2.05) is 24.4 Å². The predicted octanol–water partition coefficient (Wildman–Crippen LogP) is 3.58. The molecule has 0 aliphatic heterocycles. The van der Waals surface area contributed by atoms with Gasteiger partial charge in [-0.2, -0.15) is 0 Å². The van der Waals surface area contributed by atoms with Crippen LogP contribution in [0, 0.1) is 5.92 Å². The van der Waals surface area contributed by atoms with E-state index in [1.165, 1.54) is 11.3 Å². The van der Waals surface area contributed by atoms with Crippen molar-refractivity contribution >= 4 is 43.9 Å². The summed E-state index contributed by atoms with van der Waals surface area (Å²) in [6, 6.07) is 3.95. The number of rotatable bonds is 7. The number of aliphatic carboxylic acids is 1. The Labute approximate surface area is 125 Å². The van der Waals surface area contributed by atoms with Crippen molar-refractivity contribution < 1.29 is 14.7 Å². The van der Waals surface area contributed by atoms with Crippen molar-refractivity contribution in [3.8, 4) is 0 Å². The molecule has 0 aliphatic carbocycles. The number of thiophene rings is 2. The molecule has 0 spiro atoms. The third kappa shape index (κ3) is 4.05. The predicted molar refractivity (Wildman–Crippen MR) is 82.7 cm³/mol. The number of carbonyl (C=O) groups is 2. The minimum absolute atomic E-state index is 0.0381. The molecule has 0 bridgehead atoms. The summed E-state index contributed by atoms with van der Waals surface area (Å²) in [5.74, 6) is -0.499. The largest absolute Gasteiger partial charge is 0.481 e. The van der Waals surface area contributed by atoms with Crippen molar-refractivity contribution in [3.05, 3.63) is 22.4 Å². The lowest BCUT2D eigenvalue weighted by Gasteiger charge is -2.10. The Morgan fingerprint density at radius 3 is 2.85 bits per heavy atom. The third-order valence-electron chi connectivity index (χ3n) is 3.14. The normalized spacial score (nSPS) is 12.4. The molecule has 1 atom stereocenters. The number of nitrogens with one attached hydrogen (secondary N) is 1. The zero-order valence-corrected chi connectivity index (χ0v) is 12.9. The molecule has 2 aromatic rings. The van der Waals surface area contributed by atoms with E-state index in [2.05, 4.69) is 5.32 Å². The maximum Gasteiger partial charge on any atom is 0.303 e. The van der Waals surface area contributed by atoms with E-state index in [9.17, 15) is 9.59 Å². The van der Waals surface area contributed by atoms with Crippen molar-refractivity contribution in [2.45, 2.75) is 26.2 Å². The van der Waals surface area contributed by atoms with Crippen LogP contribution in [0.5, 0.6) is 0 Å². The minimum Gasteiger partial charge on any atom is -0.481 e. The zero-order valence-electron chi connectivity index (χ0n) is 11.2. The molecule has 2 heterocycles. The molecule has 2 rings (SSSR count). The Kier molecular flexibility index (Phi) is 5.14. The molecule has 108 valence electrons. The lowest BCUT2D eigenvalue weighted by Crippen LogP contribution is -2.24. The summed E-state index contributed by atoms with van der Waals surface area (Å²) in [6.07, 6.45) is 1.65. The topological polar surface area (TPSA) is 66.4 Å². The number of hydrogen-bond acceptors (Lipinski definition) is 4. The van der Waals surface area contributed by atoms with Crippen molar-refractivity contribution in [3.63, 3.8) is 0 Å². The summed E-state index contributed by atoms with van der Waals surface area (Å²) in [4.78, 5) is 23.2. The van der Waals surface area contributed by atoms with Crippen LogP contribution < -0.4 is 5.32 Å². The summed E-state index contributed by atoms with van der Waals surface area (Å²) < 4.78 is 2.30. The number of amides is 1. The second kappa shape index (κ2) is 6.85. The van der Waals surface area contributed by atoms with Gasteiger partial charge in [0.25, 0.3) is 5.91 Å². The van der Waals surface area contributed by atoms with Gasteiger partial charge in [-0.25, -0.2) is 0 Å². The standard InChI is InChI=1S/C14H17NO3S2/c1-9(2-3-13(16)17)4-6-15-14(18)12-8-11-10(20-12)5-7-19-11/h5,7-9H,2-4,6H2,1H3,(H,15,18)(H,16,17). The van der Waals surface area contributed by atoms with Crippen LogP contribution in [0.25, 0.3) is 9.40 Å². The van der Waals surface area contributed by atoms with E-state index in [1.54, 1.807) is 11.3 Å². The molecule has 0 saturated carbocycles. The number of fused-ring (bicyclic) bond motifs is 1. The van der Waals surface area contributed by atoms with E-state index < -0.39 is 5.97 Å². The Morgan fingerprint density at radius 2 is 2.15 bits per heavy atom. The average Bonchev–Trinajstić information content (AvgIpc) is 2.96. The molecule has 0 aliphatic rings. The fourth-order valence-corrected chi connectivity index (χ4v) is 3.94. The van der Waals surface area contributed by atoms with E-state index in [4.69, 9.17) is 5.11 Å². The molecular weight excluding hydrogens is 294 g/mol. The van der Waals surface area contributed by atoms with Crippen molar-refractivity contribution in [2.24, 2.45) is 5.92 Å². The first-order chi connectivity index (χ1) is 9.56. The zero-order chi connectivity index (χ0) is 14.5. The van der Waals surface area contributed by atoms with Gasteiger partial charge in [-0.1, -0.05) is 6.92 Å². The van der Waals surface area contributed by atoms with Crippen LogP contribution in [0.4, 0.5) is 0 Å². The van der Waals surface area contributed by atoms with Crippen molar-refractivity contribution in [1.29, 1.82) is 0 Å². The van der Waals surface area contributed by atoms with Gasteiger partial charge in [0.1, 0.15) is 0 Å². The van der Waals surface area contributed by atoms with Crippen LogP contribution in [0.2, 0.25) is 0 Å². The summed E-state index contributed by atoms with van der Waals surface area (Å²) >= 11 is 3.14. The Balaban J connectivity index is 1.75. The van der Waals surface area contributed by atoms with Crippen LogP contribution in [0.1, 0.15) is 35.9 Å². The maximum absolute atomic E-state index is 12.0. The smallest absolute Gasteiger partial charge is 0.303 e. The highest BCUT2D eigenvalue weighted by Crippen LogP contribution is 2.29. The first kappa shape index (κ1) is 15.0. The van der Waals surface area contributed by atoms with Gasteiger partial charge in [-0.3, -0.25) is 9.59 Å². The molecule has 0 aromatic carbocycles. The first-order valence-corrected chi connectivity index (χ1v) is 8.23. The second-order valence-corrected chi connectivity index (χ2v) is 6.87. The molecule has 1 amide bonds. The summed E-state index contributed by atoms with van der Waals surface area (Å²) in [5, 5.41) is 13.5. The highest BCUT2D eigenvalue weighted by molar-refractivity contribution is 7.27. The monoisotopic (exact) mass is 311 g/mol. The molecule has 2 N–H and O–H groups in total. The van der Waals surface area contributed by atoms with Gasteiger partial charge in [0.2, 0.25) is 0 Å². The molecule has 4 nitrogen and oxygen atoms in total. The van der Waals surface area contributed by atoms with Gasteiger partial charge >= 0.3 is 5.97 Å². The van der Waals surface area contributed by atoms with Gasteiger partial charge < -0.3 is 10.4 Å². The second-order valence-electron chi connectivity index (χ2n) is 4.84. The third-order valence-corrected chi connectivity index (χ3v) is 5.23.